The van der Waals surface area contributed by atoms with Crippen LogP contribution in [-0.4, -0.2) is 81.3 Å². The molecule has 3 heterocycles. The van der Waals surface area contributed by atoms with Crippen LogP contribution < -0.4 is 21.3 Å². The predicted octanol–water partition coefficient (Wildman–Crippen LogP) is 2.59. The van der Waals surface area contributed by atoms with Gasteiger partial charge in [0, 0.05) is 54.6 Å². The van der Waals surface area contributed by atoms with Crippen LogP contribution in [0.15, 0.2) is 60.9 Å². The number of ether oxygens (including phenoxy) is 1. The van der Waals surface area contributed by atoms with E-state index in [4.69, 9.17) is 10.5 Å². The highest BCUT2D eigenvalue weighted by Crippen LogP contribution is 2.28. The molecule has 2 aromatic carbocycles. The number of aromatic amines is 1. The number of morpholine rings is 1. The Morgan fingerprint density at radius 1 is 0.933 bits per heavy atom. The van der Waals surface area contributed by atoms with Gasteiger partial charge in [-0.2, -0.15) is 0 Å². The van der Waals surface area contributed by atoms with Crippen molar-refractivity contribution in [1.82, 2.24) is 35.9 Å². The molecule has 2 aromatic heterocycles. The van der Waals surface area contributed by atoms with Crippen LogP contribution in [-0.2, 0) is 20.7 Å². The Hall–Kier alpha value is -4.75. The summed E-state index contributed by atoms with van der Waals surface area (Å²) in [5.74, 6) is 1.19. The summed E-state index contributed by atoms with van der Waals surface area (Å²) < 4.78 is 5.42. The van der Waals surface area contributed by atoms with Crippen molar-refractivity contribution in [2.45, 2.75) is 38.1 Å². The normalized spacial score (nSPS) is 19.1. The first kappa shape index (κ1) is 30.3. The maximum absolute atomic E-state index is 13.6. The zero-order valence-corrected chi connectivity index (χ0v) is 25.1. The summed E-state index contributed by atoms with van der Waals surface area (Å²) in [6, 6.07) is 14.4. The van der Waals surface area contributed by atoms with Crippen LogP contribution in [0.2, 0.25) is 0 Å². The second-order valence-corrected chi connectivity index (χ2v) is 11.6. The molecule has 1 saturated carbocycles. The molecule has 0 unspecified atom stereocenters. The number of H-pyrrole nitrogens is 1. The van der Waals surface area contributed by atoms with Gasteiger partial charge >= 0.3 is 0 Å². The van der Waals surface area contributed by atoms with E-state index >= 15 is 0 Å². The number of hydrogen-bond donors (Lipinski definition) is 4. The van der Waals surface area contributed by atoms with Gasteiger partial charge in [0.2, 0.25) is 17.8 Å². The Kier molecular flexibility index (Phi) is 9.66. The third kappa shape index (κ3) is 7.67. The van der Waals surface area contributed by atoms with Gasteiger partial charge in [-0.05, 0) is 84.0 Å². The molecule has 1 aliphatic carbocycles. The van der Waals surface area contributed by atoms with Crippen LogP contribution in [0.5, 0.6) is 0 Å². The van der Waals surface area contributed by atoms with Crippen molar-refractivity contribution in [3.8, 4) is 22.5 Å². The van der Waals surface area contributed by atoms with E-state index in [9.17, 15) is 9.59 Å². The largest absolute Gasteiger partial charge is 0.378 e. The Bertz CT molecular complexity index is 1530. The van der Waals surface area contributed by atoms with Crippen LogP contribution in [0.1, 0.15) is 31.2 Å². The van der Waals surface area contributed by atoms with Crippen molar-refractivity contribution in [2.75, 3.05) is 43.1 Å². The topological polar surface area (TPSA) is 177 Å². The van der Waals surface area contributed by atoms with Crippen LogP contribution >= 0.6 is 0 Å². The van der Waals surface area contributed by atoms with Crippen molar-refractivity contribution >= 4 is 23.5 Å². The monoisotopic (exact) mass is 610 g/mol. The maximum atomic E-state index is 13.6. The molecular formula is C32H38N10O3. The van der Waals surface area contributed by atoms with Gasteiger partial charge in [-0.25, -0.2) is 15.1 Å². The van der Waals surface area contributed by atoms with Gasteiger partial charge in [0.25, 0.3) is 0 Å². The van der Waals surface area contributed by atoms with Crippen LogP contribution in [0, 0.1) is 11.8 Å². The lowest BCUT2D eigenvalue weighted by Crippen LogP contribution is -2.48. The number of carbonyl (C=O) groups is 2. The molecule has 13 heteroatoms. The number of tetrazole rings is 1. The standard InChI is InChI=1S/C32H38N10O3/c33-18-22-3-7-25(8-4-22)30(43)37-28(31(44)36-27-11-9-24(10-12-27)29-38-40-41-39-29)17-21-1-5-23(6-2-21)26-19-34-32(35-20-26)42-13-15-45-16-14-42/h1-2,5-6,9-12,19-20,22,25,28H,3-4,7-8,13-18,33H2,(H,36,44)(H,37,43)(H,38,39,40,41)/t22?,25?,28-/m0/s1. The molecule has 13 nitrogen and oxygen atoms in total. The molecule has 0 radical (unpaired) electrons. The Morgan fingerprint density at radius 2 is 1.62 bits per heavy atom. The summed E-state index contributed by atoms with van der Waals surface area (Å²) in [6.45, 7) is 3.55. The summed E-state index contributed by atoms with van der Waals surface area (Å²) in [6.07, 6.45) is 7.40. The van der Waals surface area contributed by atoms with Crippen molar-refractivity contribution in [1.29, 1.82) is 0 Å². The first-order valence-electron chi connectivity index (χ1n) is 15.4. The number of benzene rings is 2. The highest BCUT2D eigenvalue weighted by atomic mass is 16.5. The minimum absolute atomic E-state index is 0.0899. The van der Waals surface area contributed by atoms with Gasteiger partial charge in [-0.15, -0.1) is 5.10 Å². The smallest absolute Gasteiger partial charge is 0.247 e. The Labute approximate surface area is 261 Å². The SMILES string of the molecule is NCC1CCC(C(=O)N[C@@H](Cc2ccc(-c3cnc(N4CCOCC4)nc3)cc2)C(=O)Nc2ccc(-c3nnn[nH]3)cc2)CC1. The average Bonchev–Trinajstić information content (AvgIpc) is 3.64. The quantitative estimate of drug-likeness (QED) is 0.209. The van der Waals surface area contributed by atoms with E-state index in [0.717, 1.165) is 61.0 Å². The first-order chi connectivity index (χ1) is 22.1. The van der Waals surface area contributed by atoms with Crippen LogP contribution in [0.3, 0.4) is 0 Å². The van der Waals surface area contributed by atoms with E-state index < -0.39 is 6.04 Å². The lowest BCUT2D eigenvalue weighted by atomic mass is 9.81. The van der Waals surface area contributed by atoms with Crippen molar-refractivity contribution < 1.29 is 14.3 Å². The summed E-state index contributed by atoms with van der Waals surface area (Å²) in [4.78, 5) is 38.2. The third-order valence-electron chi connectivity index (χ3n) is 8.61. The molecule has 1 aliphatic heterocycles. The van der Waals surface area contributed by atoms with E-state index in [1.54, 1.807) is 12.1 Å². The number of hydrogen-bond acceptors (Lipinski definition) is 10. The van der Waals surface area contributed by atoms with Gasteiger partial charge in [0.05, 0.1) is 13.2 Å². The van der Waals surface area contributed by atoms with E-state index in [2.05, 4.69) is 46.1 Å². The van der Waals surface area contributed by atoms with Gasteiger partial charge < -0.3 is 26.0 Å². The molecule has 6 rings (SSSR count). The Morgan fingerprint density at radius 3 is 2.27 bits per heavy atom. The molecule has 4 aromatic rings. The van der Waals surface area contributed by atoms with Crippen LogP contribution in [0.25, 0.3) is 22.5 Å². The minimum atomic E-state index is -0.759. The third-order valence-corrected chi connectivity index (χ3v) is 8.61. The first-order valence-corrected chi connectivity index (χ1v) is 15.4. The molecule has 2 fully saturated rings. The van der Waals surface area contributed by atoms with Gasteiger partial charge in [-0.1, -0.05) is 24.3 Å². The van der Waals surface area contributed by atoms with E-state index in [1.165, 1.54) is 0 Å². The number of aromatic nitrogens is 6. The summed E-state index contributed by atoms with van der Waals surface area (Å²) in [5, 5.41) is 19.9. The van der Waals surface area contributed by atoms with Crippen LogP contribution in [0.4, 0.5) is 11.6 Å². The van der Waals surface area contributed by atoms with Crippen molar-refractivity contribution in [2.24, 2.45) is 17.6 Å². The Balaban J connectivity index is 1.14. The van der Waals surface area contributed by atoms with E-state index in [-0.39, 0.29) is 17.7 Å². The number of nitrogens with one attached hydrogen (secondary N) is 3. The number of nitrogens with zero attached hydrogens (tertiary/aromatic N) is 6. The van der Waals surface area contributed by atoms with Gasteiger partial charge in [0.1, 0.15) is 6.04 Å². The van der Waals surface area contributed by atoms with Gasteiger partial charge in [0.15, 0.2) is 5.82 Å². The van der Waals surface area contributed by atoms with E-state index in [0.29, 0.717) is 49.6 Å². The zero-order valence-electron chi connectivity index (χ0n) is 25.1. The molecule has 1 saturated heterocycles. The molecule has 5 N–H and O–H groups in total. The van der Waals surface area contributed by atoms with Crippen molar-refractivity contribution in [3.63, 3.8) is 0 Å². The number of anilines is 2. The van der Waals surface area contributed by atoms with E-state index in [1.807, 2.05) is 48.8 Å². The molecule has 2 amide bonds. The zero-order chi connectivity index (χ0) is 31.0. The fraction of sp³-hybridized carbons (Fsp3) is 0.406. The lowest BCUT2D eigenvalue weighted by Gasteiger charge is -2.28. The number of amides is 2. The second kappa shape index (κ2) is 14.4. The summed E-state index contributed by atoms with van der Waals surface area (Å²) >= 11 is 0. The predicted molar refractivity (Wildman–Crippen MR) is 169 cm³/mol. The molecule has 0 spiro atoms. The molecule has 0 bridgehead atoms. The second-order valence-electron chi connectivity index (χ2n) is 11.6. The van der Waals surface area contributed by atoms with Crippen molar-refractivity contribution in [3.05, 3.63) is 66.5 Å². The molecule has 2 aliphatic rings. The highest BCUT2D eigenvalue weighted by molar-refractivity contribution is 5.97. The molecule has 45 heavy (non-hydrogen) atoms. The number of rotatable bonds is 10. The fourth-order valence-corrected chi connectivity index (χ4v) is 5.85. The molecule has 1 atom stereocenters. The number of nitrogens with two attached hydrogens (primary N) is 1. The summed E-state index contributed by atoms with van der Waals surface area (Å²) in [7, 11) is 0. The summed E-state index contributed by atoms with van der Waals surface area (Å²) in [5.41, 5.74) is 10.0. The van der Waals surface area contributed by atoms with Gasteiger partial charge in [-0.3, -0.25) is 9.59 Å². The highest BCUT2D eigenvalue weighted by Gasteiger charge is 2.29. The average molecular weight is 611 g/mol. The maximum Gasteiger partial charge on any atom is 0.247 e. The molecule has 234 valence electrons. The fourth-order valence-electron chi connectivity index (χ4n) is 5.85. The number of carbonyl (C=O) groups excluding carboxylic acids is 2. The lowest BCUT2D eigenvalue weighted by molar-refractivity contribution is -0.130. The molecular weight excluding hydrogens is 572 g/mol. The minimum Gasteiger partial charge on any atom is -0.378 e.